The molecule has 17 atom stereocenters. The third-order valence-corrected chi connectivity index (χ3v) is 19.9. The van der Waals surface area contributed by atoms with Gasteiger partial charge in [0.1, 0.15) is 33.9 Å². The maximum Gasteiger partial charge on any atom is 0.394 e. The molecule has 6 saturated carbocycles. The highest BCUT2D eigenvalue weighted by Gasteiger charge is 2.89. The smallest absolute Gasteiger partial charge is 0.394 e. The second kappa shape index (κ2) is 15.8. The van der Waals surface area contributed by atoms with Crippen LogP contribution in [0, 0.1) is 40.4 Å². The van der Waals surface area contributed by atoms with Crippen molar-refractivity contribution in [3.63, 3.8) is 0 Å². The highest BCUT2D eigenvalue weighted by Crippen LogP contribution is 2.78. The molecule has 1 spiro atoms. The van der Waals surface area contributed by atoms with Gasteiger partial charge in [-0.2, -0.15) is 8.42 Å². The van der Waals surface area contributed by atoms with Gasteiger partial charge in [-0.3, -0.25) is 18.8 Å². The number of nitrogens with zero attached hydrogens (tertiary/aromatic N) is 1. The number of Topliss-reactive ketones (excluding diaryl/α,β-unsaturated/α-hetero) is 1. The van der Waals surface area contributed by atoms with Gasteiger partial charge < -0.3 is 45.2 Å². The van der Waals surface area contributed by atoms with Gasteiger partial charge in [0.25, 0.3) is 0 Å². The van der Waals surface area contributed by atoms with Crippen LogP contribution in [0.2, 0.25) is 0 Å². The van der Waals surface area contributed by atoms with E-state index in [2.05, 4.69) is 30.9 Å². The van der Waals surface area contributed by atoms with E-state index < -0.39 is 85.5 Å². The molecule has 17 unspecified atom stereocenters. The lowest BCUT2D eigenvalue weighted by atomic mass is 9.49. The number of benzene rings is 1. The number of aromatic hydroxyl groups is 1. The van der Waals surface area contributed by atoms with Gasteiger partial charge in [0.2, 0.25) is 5.79 Å². The summed E-state index contributed by atoms with van der Waals surface area (Å²) < 4.78 is 44.2. The van der Waals surface area contributed by atoms with Crippen molar-refractivity contribution < 1.29 is 72.3 Å². The van der Waals surface area contributed by atoms with Crippen LogP contribution in [0.1, 0.15) is 136 Å². The van der Waals surface area contributed by atoms with Gasteiger partial charge in [-0.25, -0.2) is 4.79 Å². The molecule has 3 heterocycles. The molecular formula is C50H71NO15S. The van der Waals surface area contributed by atoms with E-state index in [0.717, 1.165) is 38.5 Å². The predicted octanol–water partition coefficient (Wildman–Crippen LogP) is 4.08. The molecule has 0 radical (unpaired) electrons. The molecular weight excluding hydrogens is 887 g/mol. The van der Waals surface area contributed by atoms with Crippen LogP contribution in [-0.4, -0.2) is 135 Å². The summed E-state index contributed by atoms with van der Waals surface area (Å²) in [6, 6.07) is 5.40. The Kier molecular flexibility index (Phi) is 11.6. The topological polar surface area (TPSA) is 272 Å². The third kappa shape index (κ3) is 6.82. The number of ether oxygens (including phenoxy) is 2. The number of hydrogen-bond donors (Lipinski definition) is 9. The molecule has 3 aliphatic heterocycles. The molecule has 1 aromatic carbocycles. The maximum absolute atomic E-state index is 12.9. The van der Waals surface area contributed by atoms with Crippen LogP contribution in [-0.2, 0) is 35.9 Å². The molecule has 1 aromatic rings. The molecule has 10 aliphatic rings. The Morgan fingerprint density at radius 2 is 1.60 bits per heavy atom. The molecule has 372 valence electrons. The van der Waals surface area contributed by atoms with E-state index >= 15 is 0 Å². The first kappa shape index (κ1) is 49.2. The van der Waals surface area contributed by atoms with Gasteiger partial charge in [-0.15, -0.1) is 0 Å². The van der Waals surface area contributed by atoms with Gasteiger partial charge in [0.05, 0.1) is 11.7 Å². The predicted molar refractivity (Wildman–Crippen MR) is 241 cm³/mol. The number of phenols is 1. The zero-order valence-corrected chi connectivity index (χ0v) is 40.3. The maximum atomic E-state index is 12.9. The van der Waals surface area contributed by atoms with Crippen molar-refractivity contribution in [3.8, 4) is 5.75 Å². The first-order valence-electron chi connectivity index (χ1n) is 24.4. The number of esters is 1. The minimum atomic E-state index is -4.67. The molecule has 0 amide bonds. The van der Waals surface area contributed by atoms with Crippen LogP contribution < -0.4 is 0 Å². The molecule has 7 aliphatic carbocycles. The number of rotatable bonds is 2. The van der Waals surface area contributed by atoms with Crippen molar-refractivity contribution in [2.45, 2.75) is 183 Å². The monoisotopic (exact) mass is 957 g/mol. The molecule has 11 rings (SSSR count). The Morgan fingerprint density at radius 3 is 2.28 bits per heavy atom. The summed E-state index contributed by atoms with van der Waals surface area (Å²) in [6.07, 6.45) is 9.41. The summed E-state index contributed by atoms with van der Waals surface area (Å²) in [5, 5.41) is 83.6. The fourth-order valence-electron chi connectivity index (χ4n) is 16.5. The average molecular weight is 958 g/mol. The van der Waals surface area contributed by atoms with Crippen molar-refractivity contribution in [3.05, 3.63) is 52.6 Å². The Hall–Kier alpha value is -2.81. The van der Waals surface area contributed by atoms with Crippen molar-refractivity contribution >= 4 is 22.2 Å². The number of allylic oxidation sites excluding steroid dienone is 3. The quantitative estimate of drug-likeness (QED) is 0.0875. The Morgan fingerprint density at radius 1 is 0.910 bits per heavy atom. The summed E-state index contributed by atoms with van der Waals surface area (Å²) in [7, 11) is -4.67. The number of ketones is 1. The zero-order valence-electron chi connectivity index (χ0n) is 39.5. The zero-order chi connectivity index (χ0) is 48.9. The highest BCUT2D eigenvalue weighted by atomic mass is 32.3. The van der Waals surface area contributed by atoms with E-state index in [4.69, 9.17) is 27.0 Å². The Balaban J connectivity index is 0.000000186. The number of aliphatic hydroxyl groups is 6. The Labute approximate surface area is 393 Å². The van der Waals surface area contributed by atoms with Crippen LogP contribution in [0.15, 0.2) is 41.5 Å². The SMILES string of the molecule is CC12CCC3C(=CCc4cc(O)ccc43)C1CCC2=O.CC=C(C)C(=O)OC1CCC2(C)C3CCC4C5(O)CC(O)C6(O)C(CN7CC(C)CCC7C6(C)O)C5(O)CC42OC13O.O=S(=O)(O)O. The van der Waals surface area contributed by atoms with Crippen molar-refractivity contribution in [2.75, 3.05) is 13.1 Å². The second-order valence-corrected chi connectivity index (χ2v) is 23.8. The number of fused-ring (bicyclic) bond motifs is 10. The summed E-state index contributed by atoms with van der Waals surface area (Å²) in [5.74, 6) is -2.29. The number of hydrogen-bond acceptors (Lipinski definition) is 14. The van der Waals surface area contributed by atoms with Crippen molar-refractivity contribution in [1.82, 2.24) is 4.90 Å². The first-order chi connectivity index (χ1) is 31.1. The molecule has 17 heteroatoms. The Bertz CT molecular complexity index is 2380. The first-order valence-corrected chi connectivity index (χ1v) is 25.8. The summed E-state index contributed by atoms with van der Waals surface area (Å²) >= 11 is 0. The molecule has 9 N–H and O–H groups in total. The summed E-state index contributed by atoms with van der Waals surface area (Å²) in [5.41, 5.74) is -4.92. The molecule has 67 heavy (non-hydrogen) atoms. The van der Waals surface area contributed by atoms with E-state index in [9.17, 15) is 45.3 Å². The summed E-state index contributed by atoms with van der Waals surface area (Å²) in [6.45, 7) is 12.2. The van der Waals surface area contributed by atoms with E-state index in [1.807, 2.05) is 13.0 Å². The number of aliphatic hydroxyl groups excluding tert-OH is 1. The van der Waals surface area contributed by atoms with Gasteiger partial charge in [0, 0.05) is 78.5 Å². The lowest BCUT2D eigenvalue weighted by Crippen LogP contribution is -2.85. The van der Waals surface area contributed by atoms with Crippen LogP contribution in [0.4, 0.5) is 0 Å². The van der Waals surface area contributed by atoms with E-state index in [0.29, 0.717) is 73.5 Å². The molecule has 0 aromatic heterocycles. The normalized spacial score (nSPS) is 49.1. The van der Waals surface area contributed by atoms with Crippen LogP contribution in [0.3, 0.4) is 0 Å². The van der Waals surface area contributed by atoms with E-state index in [1.54, 1.807) is 32.9 Å². The van der Waals surface area contributed by atoms with Crippen LogP contribution in [0.5, 0.6) is 5.75 Å². The molecule has 16 nitrogen and oxygen atoms in total. The minimum Gasteiger partial charge on any atom is -0.508 e. The fraction of sp³-hybridized carbons (Fsp3) is 0.760. The highest BCUT2D eigenvalue weighted by molar-refractivity contribution is 7.79. The van der Waals surface area contributed by atoms with E-state index in [-0.39, 0.29) is 30.8 Å². The lowest BCUT2D eigenvalue weighted by Gasteiger charge is -2.68. The summed E-state index contributed by atoms with van der Waals surface area (Å²) in [4.78, 5) is 27.1. The van der Waals surface area contributed by atoms with Gasteiger partial charge in [-0.05, 0) is 120 Å². The number of carbonyl (C=O) groups is 2. The average Bonchev–Trinajstić information content (AvgIpc) is 3.64. The third-order valence-electron chi connectivity index (χ3n) is 19.9. The molecule has 4 bridgehead atoms. The number of phenolic OH excluding ortho intramolecular Hbond substituents is 1. The van der Waals surface area contributed by atoms with Gasteiger partial charge in [-0.1, -0.05) is 44.6 Å². The lowest BCUT2D eigenvalue weighted by molar-refractivity contribution is -0.354. The van der Waals surface area contributed by atoms with Crippen molar-refractivity contribution in [1.29, 1.82) is 0 Å². The van der Waals surface area contributed by atoms with Gasteiger partial charge >= 0.3 is 16.4 Å². The minimum absolute atomic E-state index is 0.0606. The molecule has 3 saturated heterocycles. The number of piperidine rings is 2. The van der Waals surface area contributed by atoms with Crippen LogP contribution in [0.25, 0.3) is 0 Å². The van der Waals surface area contributed by atoms with Crippen LogP contribution >= 0.6 is 0 Å². The standard InChI is InChI=1S/C32H49NO9.C18H20O2.H2O4S/c1-6-18(3)25(35)41-24-11-12-26(4)19-8-9-20-28(37)13-23(34)31(39)21(29(28,38)16-30(20,26)42-32(19,24)40)15-33-14-17(2)7-10-22(33)27(31,5)36;1-18-9-8-14-13-5-3-12(19)10-11(13)2-4-15(14)16(18)6-7-17(18)20;1-5(2,3)4/h6,17,19-24,34,36-40H,7-16H2,1-5H3;3-5,10,14,16,19H,2,6-9H2,1H3;(H2,1,2,3,4). The van der Waals surface area contributed by atoms with Gasteiger partial charge in [0.15, 0.2) is 6.10 Å². The fourth-order valence-corrected chi connectivity index (χ4v) is 16.5. The largest absolute Gasteiger partial charge is 0.508 e. The number of carbonyl (C=O) groups excluding carboxylic acids is 2. The van der Waals surface area contributed by atoms with Crippen molar-refractivity contribution in [2.24, 2.45) is 40.4 Å². The van der Waals surface area contributed by atoms with E-state index in [1.165, 1.54) is 16.7 Å². The second-order valence-electron chi connectivity index (χ2n) is 22.9. The molecule has 9 fully saturated rings.